The maximum atomic E-state index is 12.7. The number of carbonyl (C=O) groups excluding carboxylic acids is 1. The van der Waals surface area contributed by atoms with E-state index in [1.807, 2.05) is 36.1 Å². The van der Waals surface area contributed by atoms with Crippen LogP contribution >= 0.6 is 0 Å². The monoisotopic (exact) mass is 339 g/mol. The van der Waals surface area contributed by atoms with Gasteiger partial charge in [-0.15, -0.1) is 0 Å². The number of nitrogens with one attached hydrogen (secondary N) is 1. The van der Waals surface area contributed by atoms with E-state index in [-0.39, 0.29) is 6.03 Å². The van der Waals surface area contributed by atoms with E-state index < -0.39 is 0 Å². The molecule has 0 saturated carbocycles. The van der Waals surface area contributed by atoms with E-state index in [0.717, 1.165) is 37.3 Å². The van der Waals surface area contributed by atoms with E-state index in [4.69, 9.17) is 4.74 Å². The molecular weight excluding hydrogens is 314 g/mol. The molecule has 2 aromatic rings. The Morgan fingerprint density at radius 3 is 2.56 bits per heavy atom. The SMILES string of the molecule is COc1cccc(C)c1NC(=O)N1CCCN(c2ccccc2)CC1. The van der Waals surface area contributed by atoms with Crippen molar-refractivity contribution in [1.82, 2.24) is 4.90 Å². The summed E-state index contributed by atoms with van der Waals surface area (Å²) in [4.78, 5) is 16.9. The van der Waals surface area contributed by atoms with Gasteiger partial charge in [0.2, 0.25) is 0 Å². The lowest BCUT2D eigenvalue weighted by atomic mass is 10.2. The molecule has 25 heavy (non-hydrogen) atoms. The lowest BCUT2D eigenvalue weighted by Gasteiger charge is -2.24. The summed E-state index contributed by atoms with van der Waals surface area (Å²) in [6.45, 7) is 5.22. The molecule has 0 bridgehead atoms. The predicted octanol–water partition coefficient (Wildman–Crippen LogP) is 3.75. The van der Waals surface area contributed by atoms with Gasteiger partial charge >= 0.3 is 6.03 Å². The second kappa shape index (κ2) is 7.92. The molecule has 0 unspecified atom stereocenters. The highest BCUT2D eigenvalue weighted by Gasteiger charge is 2.20. The molecule has 1 heterocycles. The summed E-state index contributed by atoms with van der Waals surface area (Å²) in [5.74, 6) is 0.689. The average Bonchev–Trinajstić information content (AvgIpc) is 2.90. The number of benzene rings is 2. The van der Waals surface area contributed by atoms with Crippen molar-refractivity contribution >= 4 is 17.4 Å². The van der Waals surface area contributed by atoms with Gasteiger partial charge in [-0.25, -0.2) is 4.79 Å². The van der Waals surface area contributed by atoms with Crippen LogP contribution in [0.4, 0.5) is 16.2 Å². The average molecular weight is 339 g/mol. The Balaban J connectivity index is 1.66. The van der Waals surface area contributed by atoms with Gasteiger partial charge < -0.3 is 19.9 Å². The lowest BCUT2D eigenvalue weighted by molar-refractivity contribution is 0.215. The molecule has 132 valence electrons. The summed E-state index contributed by atoms with van der Waals surface area (Å²) < 4.78 is 5.37. The van der Waals surface area contributed by atoms with Gasteiger partial charge in [0.15, 0.2) is 0 Å². The van der Waals surface area contributed by atoms with Gasteiger partial charge in [-0.3, -0.25) is 0 Å². The molecule has 0 atom stereocenters. The number of methoxy groups -OCH3 is 1. The lowest BCUT2D eigenvalue weighted by Crippen LogP contribution is -2.38. The van der Waals surface area contributed by atoms with Gasteiger partial charge in [0, 0.05) is 31.9 Å². The minimum atomic E-state index is -0.0671. The molecule has 1 N–H and O–H groups in total. The van der Waals surface area contributed by atoms with E-state index in [0.29, 0.717) is 12.3 Å². The van der Waals surface area contributed by atoms with E-state index >= 15 is 0 Å². The molecule has 2 amide bonds. The number of amides is 2. The molecule has 5 heteroatoms. The first kappa shape index (κ1) is 17.1. The Hall–Kier alpha value is -2.69. The number of carbonyl (C=O) groups is 1. The zero-order chi connectivity index (χ0) is 17.6. The quantitative estimate of drug-likeness (QED) is 0.926. The van der Waals surface area contributed by atoms with Crippen LogP contribution < -0.4 is 15.0 Å². The molecule has 5 nitrogen and oxygen atoms in total. The third-order valence-corrected chi connectivity index (χ3v) is 4.59. The number of urea groups is 1. The van der Waals surface area contributed by atoms with E-state index in [1.54, 1.807) is 7.11 Å². The molecule has 0 radical (unpaired) electrons. The fourth-order valence-corrected chi connectivity index (χ4v) is 3.17. The number of ether oxygens (including phenoxy) is 1. The number of rotatable bonds is 3. The second-order valence-electron chi connectivity index (χ2n) is 6.25. The third-order valence-electron chi connectivity index (χ3n) is 4.59. The molecule has 0 aromatic heterocycles. The van der Waals surface area contributed by atoms with Crippen molar-refractivity contribution in [3.8, 4) is 5.75 Å². The van der Waals surface area contributed by atoms with Crippen molar-refractivity contribution in [2.75, 3.05) is 43.5 Å². The highest BCUT2D eigenvalue weighted by molar-refractivity contribution is 5.92. The Morgan fingerprint density at radius 1 is 1.00 bits per heavy atom. The van der Waals surface area contributed by atoms with E-state index in [1.165, 1.54) is 5.69 Å². The van der Waals surface area contributed by atoms with Crippen LogP contribution in [0.15, 0.2) is 48.5 Å². The second-order valence-corrected chi connectivity index (χ2v) is 6.25. The topological polar surface area (TPSA) is 44.8 Å². The molecule has 1 aliphatic heterocycles. The largest absolute Gasteiger partial charge is 0.495 e. The minimum absolute atomic E-state index is 0.0671. The van der Waals surface area contributed by atoms with Gasteiger partial charge in [-0.05, 0) is 37.1 Å². The summed E-state index contributed by atoms with van der Waals surface area (Å²) in [5.41, 5.74) is 2.96. The van der Waals surface area contributed by atoms with Crippen LogP contribution in [-0.4, -0.2) is 44.2 Å². The van der Waals surface area contributed by atoms with Crippen molar-refractivity contribution in [1.29, 1.82) is 0 Å². The van der Waals surface area contributed by atoms with Crippen LogP contribution in [0.5, 0.6) is 5.75 Å². The molecule has 0 spiro atoms. The van der Waals surface area contributed by atoms with Crippen LogP contribution in [0.25, 0.3) is 0 Å². The van der Waals surface area contributed by atoms with Crippen LogP contribution in [0.3, 0.4) is 0 Å². The maximum absolute atomic E-state index is 12.7. The van der Waals surface area contributed by atoms with Crippen molar-refractivity contribution in [3.63, 3.8) is 0 Å². The van der Waals surface area contributed by atoms with Crippen LogP contribution in [0.2, 0.25) is 0 Å². The fourth-order valence-electron chi connectivity index (χ4n) is 3.17. The Labute approximate surface area is 149 Å². The molecule has 0 aliphatic carbocycles. The third kappa shape index (κ3) is 4.05. The molecule has 1 aliphatic rings. The Morgan fingerprint density at radius 2 is 1.80 bits per heavy atom. The molecule has 1 saturated heterocycles. The maximum Gasteiger partial charge on any atom is 0.322 e. The minimum Gasteiger partial charge on any atom is -0.495 e. The van der Waals surface area contributed by atoms with Gasteiger partial charge in [0.25, 0.3) is 0 Å². The van der Waals surface area contributed by atoms with Crippen molar-refractivity contribution in [2.45, 2.75) is 13.3 Å². The number of para-hydroxylation sites is 2. The fraction of sp³-hybridized carbons (Fsp3) is 0.350. The standard InChI is InChI=1S/C20H25N3O2/c1-16-8-6-11-18(25-2)19(16)21-20(24)23-13-7-12-22(14-15-23)17-9-4-3-5-10-17/h3-6,8-11H,7,12-15H2,1-2H3,(H,21,24). The van der Waals surface area contributed by atoms with Gasteiger partial charge in [-0.1, -0.05) is 30.3 Å². The Kier molecular flexibility index (Phi) is 5.43. The first-order valence-corrected chi connectivity index (χ1v) is 8.68. The summed E-state index contributed by atoms with van der Waals surface area (Å²) in [5, 5.41) is 3.03. The first-order chi connectivity index (χ1) is 12.2. The van der Waals surface area contributed by atoms with Crippen LogP contribution in [-0.2, 0) is 0 Å². The van der Waals surface area contributed by atoms with Crippen molar-refractivity contribution < 1.29 is 9.53 Å². The summed E-state index contributed by atoms with van der Waals surface area (Å²) in [7, 11) is 1.62. The van der Waals surface area contributed by atoms with Crippen molar-refractivity contribution in [2.24, 2.45) is 0 Å². The van der Waals surface area contributed by atoms with Crippen LogP contribution in [0.1, 0.15) is 12.0 Å². The zero-order valence-electron chi connectivity index (χ0n) is 14.9. The Bertz CT molecular complexity index is 718. The van der Waals surface area contributed by atoms with Gasteiger partial charge in [0.1, 0.15) is 5.75 Å². The first-order valence-electron chi connectivity index (χ1n) is 8.68. The number of hydrogen-bond acceptors (Lipinski definition) is 3. The molecule has 2 aromatic carbocycles. The van der Waals surface area contributed by atoms with Crippen LogP contribution in [0, 0.1) is 6.92 Å². The number of anilines is 2. The molecular formula is C20H25N3O2. The van der Waals surface area contributed by atoms with Gasteiger partial charge in [0.05, 0.1) is 12.8 Å². The summed E-state index contributed by atoms with van der Waals surface area (Å²) >= 11 is 0. The number of nitrogens with zero attached hydrogens (tertiary/aromatic N) is 2. The van der Waals surface area contributed by atoms with E-state index in [2.05, 4.69) is 34.5 Å². The molecule has 1 fully saturated rings. The number of aryl methyl sites for hydroxylation is 1. The normalized spacial score (nSPS) is 14.8. The highest BCUT2D eigenvalue weighted by atomic mass is 16.5. The molecule has 3 rings (SSSR count). The number of hydrogen-bond donors (Lipinski definition) is 1. The van der Waals surface area contributed by atoms with E-state index in [9.17, 15) is 4.79 Å². The van der Waals surface area contributed by atoms with Crippen molar-refractivity contribution in [3.05, 3.63) is 54.1 Å². The summed E-state index contributed by atoms with van der Waals surface area (Å²) in [6, 6.07) is 16.1. The zero-order valence-corrected chi connectivity index (χ0v) is 14.9. The highest BCUT2D eigenvalue weighted by Crippen LogP contribution is 2.28. The predicted molar refractivity (Wildman–Crippen MR) is 102 cm³/mol. The summed E-state index contributed by atoms with van der Waals surface area (Å²) in [6.07, 6.45) is 0.952. The van der Waals surface area contributed by atoms with Gasteiger partial charge in [-0.2, -0.15) is 0 Å². The smallest absolute Gasteiger partial charge is 0.322 e.